The fourth-order valence-corrected chi connectivity index (χ4v) is 2.93. The van der Waals surface area contributed by atoms with Crippen molar-refractivity contribution >= 4 is 0 Å². The van der Waals surface area contributed by atoms with Gasteiger partial charge in [-0.2, -0.15) is 0 Å². The van der Waals surface area contributed by atoms with Crippen LogP contribution in [0.15, 0.2) is 0 Å². The van der Waals surface area contributed by atoms with Crippen LogP contribution in [0.5, 0.6) is 0 Å². The van der Waals surface area contributed by atoms with Gasteiger partial charge in [-0.25, -0.2) is 0 Å². The lowest BCUT2D eigenvalue weighted by Crippen LogP contribution is -2.42. The number of hydrogen-bond donors (Lipinski definition) is 2. The first-order chi connectivity index (χ1) is 7.41. The molecule has 0 aromatic carbocycles. The van der Waals surface area contributed by atoms with Crippen LogP contribution in [0.1, 0.15) is 59.8 Å². The van der Waals surface area contributed by atoms with Crippen molar-refractivity contribution in [3.63, 3.8) is 0 Å². The van der Waals surface area contributed by atoms with E-state index < -0.39 is 0 Å². The summed E-state index contributed by atoms with van der Waals surface area (Å²) in [5.74, 6) is 0.787. The molecular formula is C14H29NO. The van der Waals surface area contributed by atoms with E-state index in [1.54, 1.807) is 0 Å². The highest BCUT2D eigenvalue weighted by Gasteiger charge is 2.31. The van der Waals surface area contributed by atoms with Gasteiger partial charge in [0.2, 0.25) is 0 Å². The van der Waals surface area contributed by atoms with Crippen molar-refractivity contribution in [1.29, 1.82) is 0 Å². The standard InChI is InChI=1S/C14H29NO/c1-11-10-14(3,4)8-7-13(11)15-9-5-6-12(2)16/h11-13,15-16H,5-10H2,1-4H3. The molecule has 1 aliphatic rings. The van der Waals surface area contributed by atoms with Crippen molar-refractivity contribution in [2.45, 2.75) is 71.9 Å². The first-order valence-electron chi connectivity index (χ1n) is 6.82. The predicted molar refractivity (Wildman–Crippen MR) is 69.5 cm³/mol. The lowest BCUT2D eigenvalue weighted by Gasteiger charge is -2.39. The fourth-order valence-electron chi connectivity index (χ4n) is 2.93. The van der Waals surface area contributed by atoms with Crippen LogP contribution in [0.4, 0.5) is 0 Å². The summed E-state index contributed by atoms with van der Waals surface area (Å²) >= 11 is 0. The zero-order chi connectivity index (χ0) is 12.2. The average Bonchev–Trinajstić information content (AvgIpc) is 2.13. The second kappa shape index (κ2) is 6.02. The molecule has 0 saturated heterocycles. The zero-order valence-corrected chi connectivity index (χ0v) is 11.4. The van der Waals surface area contributed by atoms with Crippen LogP contribution in [0, 0.1) is 11.3 Å². The molecule has 0 aromatic rings. The first-order valence-corrected chi connectivity index (χ1v) is 6.82. The molecule has 0 spiro atoms. The van der Waals surface area contributed by atoms with Gasteiger partial charge in [-0.15, -0.1) is 0 Å². The second-order valence-electron chi connectivity index (χ2n) is 6.44. The summed E-state index contributed by atoms with van der Waals surface area (Å²) in [5, 5.41) is 12.8. The van der Waals surface area contributed by atoms with Gasteiger partial charge in [0, 0.05) is 6.04 Å². The molecule has 0 aliphatic heterocycles. The minimum atomic E-state index is -0.149. The zero-order valence-electron chi connectivity index (χ0n) is 11.4. The van der Waals surface area contributed by atoms with Crippen LogP contribution in [0.25, 0.3) is 0 Å². The lowest BCUT2D eigenvalue weighted by molar-refractivity contribution is 0.145. The molecule has 0 radical (unpaired) electrons. The number of hydrogen-bond acceptors (Lipinski definition) is 2. The molecule has 1 rings (SSSR count). The molecule has 0 bridgehead atoms. The van der Waals surface area contributed by atoms with E-state index in [4.69, 9.17) is 0 Å². The summed E-state index contributed by atoms with van der Waals surface area (Å²) in [6.07, 6.45) is 5.84. The monoisotopic (exact) mass is 227 g/mol. The van der Waals surface area contributed by atoms with Crippen molar-refractivity contribution in [2.75, 3.05) is 6.54 Å². The topological polar surface area (TPSA) is 32.3 Å². The molecule has 1 aliphatic carbocycles. The van der Waals surface area contributed by atoms with E-state index in [9.17, 15) is 5.11 Å². The van der Waals surface area contributed by atoms with Crippen molar-refractivity contribution in [2.24, 2.45) is 11.3 Å². The molecule has 3 atom stereocenters. The number of aliphatic hydroxyl groups excluding tert-OH is 1. The van der Waals surface area contributed by atoms with Crippen LogP contribution in [0.3, 0.4) is 0 Å². The van der Waals surface area contributed by atoms with E-state index in [2.05, 4.69) is 26.1 Å². The molecular weight excluding hydrogens is 198 g/mol. The maximum atomic E-state index is 9.18. The van der Waals surface area contributed by atoms with Crippen molar-refractivity contribution in [3.8, 4) is 0 Å². The van der Waals surface area contributed by atoms with Gasteiger partial charge in [-0.05, 0) is 56.9 Å². The predicted octanol–water partition coefficient (Wildman–Crippen LogP) is 2.95. The van der Waals surface area contributed by atoms with Gasteiger partial charge in [0.05, 0.1) is 6.10 Å². The molecule has 3 unspecified atom stereocenters. The van der Waals surface area contributed by atoms with Crippen molar-refractivity contribution < 1.29 is 5.11 Å². The van der Waals surface area contributed by atoms with Crippen LogP contribution >= 0.6 is 0 Å². The van der Waals surface area contributed by atoms with Crippen LogP contribution < -0.4 is 5.32 Å². The minimum Gasteiger partial charge on any atom is -0.393 e. The van der Waals surface area contributed by atoms with Gasteiger partial charge in [-0.3, -0.25) is 0 Å². The summed E-state index contributed by atoms with van der Waals surface area (Å²) < 4.78 is 0. The van der Waals surface area contributed by atoms with Gasteiger partial charge >= 0.3 is 0 Å². The Hall–Kier alpha value is -0.0800. The summed E-state index contributed by atoms with van der Waals surface area (Å²) in [6, 6.07) is 0.696. The van der Waals surface area contributed by atoms with Gasteiger partial charge < -0.3 is 10.4 Å². The molecule has 16 heavy (non-hydrogen) atoms. The van der Waals surface area contributed by atoms with Gasteiger partial charge in [0.15, 0.2) is 0 Å². The molecule has 2 N–H and O–H groups in total. The maximum absolute atomic E-state index is 9.18. The first kappa shape index (κ1) is 14.0. The number of aliphatic hydroxyl groups is 1. The average molecular weight is 227 g/mol. The molecule has 0 aromatic heterocycles. The Morgan fingerprint density at radius 2 is 2.12 bits per heavy atom. The van der Waals surface area contributed by atoms with E-state index in [-0.39, 0.29) is 6.10 Å². The molecule has 0 heterocycles. The highest BCUT2D eigenvalue weighted by molar-refractivity contribution is 4.86. The molecule has 96 valence electrons. The molecule has 2 nitrogen and oxygen atoms in total. The third-order valence-electron chi connectivity index (χ3n) is 3.90. The Bertz CT molecular complexity index is 201. The Kier molecular flexibility index (Phi) is 5.26. The highest BCUT2D eigenvalue weighted by atomic mass is 16.3. The van der Waals surface area contributed by atoms with Gasteiger partial charge in [0.25, 0.3) is 0 Å². The van der Waals surface area contributed by atoms with E-state index in [1.165, 1.54) is 19.3 Å². The smallest absolute Gasteiger partial charge is 0.0512 e. The number of nitrogens with one attached hydrogen (secondary N) is 1. The Labute approximate surface area is 101 Å². The summed E-state index contributed by atoms with van der Waals surface area (Å²) in [6.45, 7) is 10.1. The maximum Gasteiger partial charge on any atom is 0.0512 e. The van der Waals surface area contributed by atoms with Gasteiger partial charge in [-0.1, -0.05) is 20.8 Å². The molecule has 2 heteroatoms. The quantitative estimate of drug-likeness (QED) is 0.708. The third kappa shape index (κ3) is 4.84. The Morgan fingerprint density at radius 3 is 2.69 bits per heavy atom. The third-order valence-corrected chi connectivity index (χ3v) is 3.90. The minimum absolute atomic E-state index is 0.149. The summed E-state index contributed by atoms with van der Waals surface area (Å²) in [7, 11) is 0. The second-order valence-corrected chi connectivity index (χ2v) is 6.44. The molecule has 1 fully saturated rings. The van der Waals surface area contributed by atoms with Crippen LogP contribution in [-0.4, -0.2) is 23.8 Å². The SMILES string of the molecule is CC(O)CCCNC1CCC(C)(C)CC1C. The van der Waals surface area contributed by atoms with Gasteiger partial charge in [0.1, 0.15) is 0 Å². The Morgan fingerprint density at radius 1 is 1.44 bits per heavy atom. The summed E-state index contributed by atoms with van der Waals surface area (Å²) in [5.41, 5.74) is 0.539. The number of rotatable bonds is 5. The summed E-state index contributed by atoms with van der Waals surface area (Å²) in [4.78, 5) is 0. The van der Waals surface area contributed by atoms with E-state index in [1.807, 2.05) is 6.92 Å². The van der Waals surface area contributed by atoms with E-state index in [0.717, 1.165) is 25.3 Å². The molecule has 0 amide bonds. The Balaban J connectivity index is 2.18. The largest absolute Gasteiger partial charge is 0.393 e. The normalized spacial score (nSPS) is 31.3. The highest BCUT2D eigenvalue weighted by Crippen LogP contribution is 2.38. The van der Waals surface area contributed by atoms with E-state index >= 15 is 0 Å². The van der Waals surface area contributed by atoms with Crippen LogP contribution in [0.2, 0.25) is 0 Å². The van der Waals surface area contributed by atoms with E-state index in [0.29, 0.717) is 11.5 Å². The lowest BCUT2D eigenvalue weighted by atomic mass is 9.70. The van der Waals surface area contributed by atoms with Crippen molar-refractivity contribution in [1.82, 2.24) is 5.32 Å². The fraction of sp³-hybridized carbons (Fsp3) is 1.00. The van der Waals surface area contributed by atoms with Crippen molar-refractivity contribution in [3.05, 3.63) is 0 Å². The molecule has 1 saturated carbocycles. The van der Waals surface area contributed by atoms with Crippen LogP contribution in [-0.2, 0) is 0 Å².